The number of aliphatic hydroxyl groups is 2. The topological polar surface area (TPSA) is 52.5 Å². The molecule has 0 aromatic carbocycles. The Kier molecular flexibility index (Phi) is 5.73. The number of hydrogen-bond acceptors (Lipinski definition) is 3. The van der Waals surface area contributed by atoms with E-state index in [-0.39, 0.29) is 13.2 Å². The predicted octanol–water partition coefficient (Wildman–Crippen LogP) is 1.54. The Morgan fingerprint density at radius 2 is 1.81 bits per heavy atom. The first-order chi connectivity index (χ1) is 7.63. The maximum absolute atomic E-state index is 9.19. The molecule has 0 heterocycles. The summed E-state index contributed by atoms with van der Waals surface area (Å²) in [5.41, 5.74) is -0.515. The standard InChI is InChI=1S/C13H27NO2/c1-3-11-5-4-6-12(7-11)8-14-13(2,9-15)10-16/h11-12,14-16H,3-10H2,1-2H3. The van der Waals surface area contributed by atoms with Gasteiger partial charge in [0, 0.05) is 0 Å². The van der Waals surface area contributed by atoms with Crippen molar-refractivity contribution < 1.29 is 10.2 Å². The summed E-state index contributed by atoms with van der Waals surface area (Å²) < 4.78 is 0. The van der Waals surface area contributed by atoms with Gasteiger partial charge >= 0.3 is 0 Å². The third-order valence-electron chi connectivity index (χ3n) is 3.98. The molecule has 16 heavy (non-hydrogen) atoms. The van der Waals surface area contributed by atoms with Gasteiger partial charge in [-0.2, -0.15) is 0 Å². The summed E-state index contributed by atoms with van der Waals surface area (Å²) in [4.78, 5) is 0. The molecule has 0 aromatic heterocycles. The largest absolute Gasteiger partial charge is 0.394 e. The molecule has 3 nitrogen and oxygen atoms in total. The molecule has 0 aliphatic heterocycles. The van der Waals surface area contributed by atoms with Gasteiger partial charge in [-0.05, 0) is 38.1 Å². The molecule has 0 bridgehead atoms. The fourth-order valence-corrected chi connectivity index (χ4v) is 2.51. The summed E-state index contributed by atoms with van der Waals surface area (Å²) in [5.74, 6) is 1.60. The quantitative estimate of drug-likeness (QED) is 0.647. The Morgan fingerprint density at radius 3 is 2.38 bits per heavy atom. The van der Waals surface area contributed by atoms with Gasteiger partial charge in [0.1, 0.15) is 0 Å². The van der Waals surface area contributed by atoms with Crippen LogP contribution >= 0.6 is 0 Å². The molecule has 0 saturated heterocycles. The van der Waals surface area contributed by atoms with E-state index in [0.29, 0.717) is 0 Å². The first-order valence-corrected chi connectivity index (χ1v) is 6.60. The monoisotopic (exact) mass is 229 g/mol. The van der Waals surface area contributed by atoms with Crippen LogP contribution in [-0.2, 0) is 0 Å². The van der Waals surface area contributed by atoms with Crippen LogP contribution in [0, 0.1) is 11.8 Å². The Balaban J connectivity index is 2.31. The van der Waals surface area contributed by atoms with Gasteiger partial charge < -0.3 is 15.5 Å². The van der Waals surface area contributed by atoms with Gasteiger partial charge in [0.25, 0.3) is 0 Å². The zero-order valence-corrected chi connectivity index (χ0v) is 10.7. The Morgan fingerprint density at radius 1 is 1.19 bits per heavy atom. The molecule has 1 aliphatic carbocycles. The highest BCUT2D eigenvalue weighted by Gasteiger charge is 2.25. The van der Waals surface area contributed by atoms with Crippen LogP contribution < -0.4 is 5.32 Å². The molecule has 0 spiro atoms. The minimum absolute atomic E-state index is 0.00652. The van der Waals surface area contributed by atoms with E-state index >= 15 is 0 Å². The van der Waals surface area contributed by atoms with Crippen LogP contribution in [0.3, 0.4) is 0 Å². The van der Waals surface area contributed by atoms with E-state index < -0.39 is 5.54 Å². The normalized spacial score (nSPS) is 27.0. The third-order valence-corrected chi connectivity index (χ3v) is 3.98. The highest BCUT2D eigenvalue weighted by atomic mass is 16.3. The fourth-order valence-electron chi connectivity index (χ4n) is 2.51. The molecule has 3 N–H and O–H groups in total. The highest BCUT2D eigenvalue weighted by Crippen LogP contribution is 2.30. The molecular formula is C13H27NO2. The lowest BCUT2D eigenvalue weighted by Gasteiger charge is -2.33. The summed E-state index contributed by atoms with van der Waals surface area (Å²) in [7, 11) is 0. The smallest absolute Gasteiger partial charge is 0.0633 e. The van der Waals surface area contributed by atoms with Gasteiger partial charge in [-0.3, -0.25) is 0 Å². The predicted molar refractivity (Wildman–Crippen MR) is 66.3 cm³/mol. The molecule has 1 fully saturated rings. The van der Waals surface area contributed by atoms with Crippen molar-refractivity contribution in [2.75, 3.05) is 19.8 Å². The van der Waals surface area contributed by atoms with Gasteiger partial charge in [-0.15, -0.1) is 0 Å². The van der Waals surface area contributed by atoms with Crippen molar-refractivity contribution in [3.63, 3.8) is 0 Å². The fraction of sp³-hybridized carbons (Fsp3) is 1.00. The molecule has 1 aliphatic rings. The van der Waals surface area contributed by atoms with Crippen LogP contribution in [0.5, 0.6) is 0 Å². The number of aliphatic hydroxyl groups excluding tert-OH is 2. The Bertz CT molecular complexity index is 192. The van der Waals surface area contributed by atoms with Crippen LogP contribution in [0.1, 0.15) is 46.0 Å². The molecule has 2 atom stereocenters. The summed E-state index contributed by atoms with van der Waals surface area (Å²) in [5, 5.41) is 21.7. The molecule has 3 heteroatoms. The number of hydrogen-bond donors (Lipinski definition) is 3. The highest BCUT2D eigenvalue weighted by molar-refractivity contribution is 4.83. The lowest BCUT2D eigenvalue weighted by Crippen LogP contribution is -2.50. The molecule has 1 rings (SSSR count). The van der Waals surface area contributed by atoms with E-state index in [1.807, 2.05) is 6.92 Å². The maximum Gasteiger partial charge on any atom is 0.0633 e. The lowest BCUT2D eigenvalue weighted by molar-refractivity contribution is 0.0960. The third kappa shape index (κ3) is 4.04. The van der Waals surface area contributed by atoms with E-state index in [9.17, 15) is 10.2 Å². The van der Waals surface area contributed by atoms with Crippen LogP contribution in [0.25, 0.3) is 0 Å². The van der Waals surface area contributed by atoms with E-state index in [0.717, 1.165) is 18.4 Å². The summed E-state index contributed by atoms with van der Waals surface area (Å²) in [6.45, 7) is 5.05. The summed E-state index contributed by atoms with van der Waals surface area (Å²) in [6, 6.07) is 0. The first-order valence-electron chi connectivity index (χ1n) is 6.60. The van der Waals surface area contributed by atoms with Crippen molar-refractivity contribution in [1.82, 2.24) is 5.32 Å². The molecule has 96 valence electrons. The number of rotatable bonds is 6. The molecule has 1 saturated carbocycles. The molecule has 0 aromatic rings. The second-order valence-electron chi connectivity index (χ2n) is 5.56. The van der Waals surface area contributed by atoms with Crippen LogP contribution in [0.15, 0.2) is 0 Å². The van der Waals surface area contributed by atoms with E-state index in [1.54, 1.807) is 0 Å². The molecule has 2 unspecified atom stereocenters. The van der Waals surface area contributed by atoms with E-state index in [2.05, 4.69) is 12.2 Å². The lowest BCUT2D eigenvalue weighted by atomic mass is 9.80. The van der Waals surface area contributed by atoms with Gasteiger partial charge in [-0.1, -0.05) is 26.2 Å². The Labute approximate surface area is 99.3 Å². The molecule has 0 amide bonds. The summed E-state index contributed by atoms with van der Waals surface area (Å²) in [6.07, 6.45) is 6.59. The average molecular weight is 229 g/mol. The van der Waals surface area contributed by atoms with E-state index in [4.69, 9.17) is 0 Å². The van der Waals surface area contributed by atoms with Gasteiger partial charge in [-0.25, -0.2) is 0 Å². The second kappa shape index (κ2) is 6.58. The van der Waals surface area contributed by atoms with Crippen LogP contribution in [0.4, 0.5) is 0 Å². The number of nitrogens with one attached hydrogen (secondary N) is 1. The second-order valence-corrected chi connectivity index (χ2v) is 5.56. The van der Waals surface area contributed by atoms with Crippen molar-refractivity contribution >= 4 is 0 Å². The minimum atomic E-state index is -0.515. The minimum Gasteiger partial charge on any atom is -0.394 e. The van der Waals surface area contributed by atoms with E-state index in [1.165, 1.54) is 32.1 Å². The van der Waals surface area contributed by atoms with Crippen LogP contribution in [-0.4, -0.2) is 35.5 Å². The van der Waals surface area contributed by atoms with Gasteiger partial charge in [0.05, 0.1) is 18.8 Å². The maximum atomic E-state index is 9.19. The Hall–Kier alpha value is -0.120. The zero-order chi connectivity index (χ0) is 12.0. The van der Waals surface area contributed by atoms with Crippen molar-refractivity contribution in [3.8, 4) is 0 Å². The van der Waals surface area contributed by atoms with Crippen molar-refractivity contribution in [2.24, 2.45) is 11.8 Å². The van der Waals surface area contributed by atoms with Crippen molar-refractivity contribution in [3.05, 3.63) is 0 Å². The molecule has 0 radical (unpaired) electrons. The SMILES string of the molecule is CCC1CCCC(CNC(C)(CO)CO)C1. The zero-order valence-electron chi connectivity index (χ0n) is 10.7. The first kappa shape index (κ1) is 13.9. The van der Waals surface area contributed by atoms with Gasteiger partial charge in [0.2, 0.25) is 0 Å². The average Bonchev–Trinajstić information content (AvgIpc) is 2.36. The van der Waals surface area contributed by atoms with Gasteiger partial charge in [0.15, 0.2) is 0 Å². The summed E-state index contributed by atoms with van der Waals surface area (Å²) >= 11 is 0. The molecular weight excluding hydrogens is 202 g/mol. The van der Waals surface area contributed by atoms with Crippen molar-refractivity contribution in [1.29, 1.82) is 0 Å². The van der Waals surface area contributed by atoms with Crippen molar-refractivity contribution in [2.45, 2.75) is 51.5 Å². The van der Waals surface area contributed by atoms with Crippen LogP contribution in [0.2, 0.25) is 0 Å².